The third-order valence-electron chi connectivity index (χ3n) is 4.29. The van der Waals surface area contributed by atoms with E-state index in [1.807, 2.05) is 0 Å². The normalized spacial score (nSPS) is 13.2. The topological polar surface area (TPSA) is 61.4 Å². The molecular formula is C20H22FN3O2. The molecule has 0 radical (unpaired) electrons. The van der Waals surface area contributed by atoms with Crippen LogP contribution in [0, 0.1) is 5.82 Å². The zero-order chi connectivity index (χ0) is 18.7. The van der Waals surface area contributed by atoms with Gasteiger partial charge in [0.15, 0.2) is 0 Å². The summed E-state index contributed by atoms with van der Waals surface area (Å²) in [4.78, 5) is 25.4. The van der Waals surface area contributed by atoms with E-state index in [-0.39, 0.29) is 24.2 Å². The number of carbonyl (C=O) groups excluding carboxylic acids is 2. The Labute approximate surface area is 152 Å². The number of amides is 2. The van der Waals surface area contributed by atoms with Crippen molar-refractivity contribution in [3.8, 4) is 0 Å². The third kappa shape index (κ3) is 4.39. The molecule has 0 atom stereocenters. The summed E-state index contributed by atoms with van der Waals surface area (Å²) in [6.45, 7) is 0.0284. The van der Waals surface area contributed by atoms with Gasteiger partial charge >= 0.3 is 0 Å². The van der Waals surface area contributed by atoms with Gasteiger partial charge in [-0.3, -0.25) is 9.59 Å². The van der Waals surface area contributed by atoms with Crippen LogP contribution in [0.3, 0.4) is 0 Å². The predicted molar refractivity (Wildman–Crippen MR) is 100.0 cm³/mol. The molecule has 26 heavy (non-hydrogen) atoms. The molecule has 136 valence electrons. The number of hydrogen-bond donors (Lipinski definition) is 2. The Morgan fingerprint density at radius 1 is 1.08 bits per heavy atom. The van der Waals surface area contributed by atoms with Gasteiger partial charge in [-0.1, -0.05) is 6.07 Å². The number of nitrogens with one attached hydrogen (secondary N) is 2. The molecule has 6 heteroatoms. The SMILES string of the molecule is CN(C)C(=O)c1ccc(NC(=O)CNc2ccc(C3CC3)c(F)c2)cc1. The van der Waals surface area contributed by atoms with E-state index in [1.165, 1.54) is 11.0 Å². The first kappa shape index (κ1) is 17.9. The third-order valence-corrected chi connectivity index (χ3v) is 4.29. The van der Waals surface area contributed by atoms with Gasteiger partial charge in [0.1, 0.15) is 5.82 Å². The Bertz CT molecular complexity index is 814. The minimum atomic E-state index is -0.247. The fraction of sp³-hybridized carbons (Fsp3) is 0.300. The molecule has 1 aliphatic rings. The van der Waals surface area contributed by atoms with E-state index in [1.54, 1.807) is 50.5 Å². The largest absolute Gasteiger partial charge is 0.376 e. The molecule has 1 aliphatic carbocycles. The van der Waals surface area contributed by atoms with Crippen molar-refractivity contribution in [1.29, 1.82) is 0 Å². The van der Waals surface area contributed by atoms with Crippen LogP contribution in [-0.4, -0.2) is 37.4 Å². The van der Waals surface area contributed by atoms with Crippen LogP contribution in [0.4, 0.5) is 15.8 Å². The van der Waals surface area contributed by atoms with Gasteiger partial charge in [-0.2, -0.15) is 0 Å². The molecule has 2 aromatic carbocycles. The van der Waals surface area contributed by atoms with Crippen LogP contribution < -0.4 is 10.6 Å². The Morgan fingerprint density at radius 3 is 2.31 bits per heavy atom. The van der Waals surface area contributed by atoms with Gasteiger partial charge in [0.05, 0.1) is 6.54 Å². The average Bonchev–Trinajstić information content (AvgIpc) is 3.45. The maximum Gasteiger partial charge on any atom is 0.253 e. The Hall–Kier alpha value is -2.89. The van der Waals surface area contributed by atoms with Crippen LogP contribution in [0.15, 0.2) is 42.5 Å². The van der Waals surface area contributed by atoms with E-state index in [0.717, 1.165) is 18.4 Å². The van der Waals surface area contributed by atoms with Gasteiger partial charge in [0.25, 0.3) is 5.91 Å². The van der Waals surface area contributed by atoms with E-state index in [9.17, 15) is 14.0 Å². The van der Waals surface area contributed by atoms with Crippen molar-refractivity contribution in [2.24, 2.45) is 0 Å². The summed E-state index contributed by atoms with van der Waals surface area (Å²) >= 11 is 0. The molecule has 0 aliphatic heterocycles. The molecular weight excluding hydrogens is 333 g/mol. The number of halogens is 1. The van der Waals surface area contributed by atoms with Crippen molar-refractivity contribution in [1.82, 2.24) is 4.90 Å². The van der Waals surface area contributed by atoms with Gasteiger partial charge in [0.2, 0.25) is 5.91 Å². The molecule has 0 spiro atoms. The molecule has 2 aromatic rings. The molecule has 0 unspecified atom stereocenters. The van der Waals surface area contributed by atoms with E-state index in [0.29, 0.717) is 22.9 Å². The zero-order valence-corrected chi connectivity index (χ0v) is 14.9. The maximum absolute atomic E-state index is 14.0. The Morgan fingerprint density at radius 2 is 1.73 bits per heavy atom. The van der Waals surface area contributed by atoms with Crippen molar-refractivity contribution in [3.05, 3.63) is 59.4 Å². The van der Waals surface area contributed by atoms with Crippen LogP contribution >= 0.6 is 0 Å². The molecule has 2 N–H and O–H groups in total. The zero-order valence-electron chi connectivity index (χ0n) is 14.9. The quantitative estimate of drug-likeness (QED) is 0.834. The molecule has 1 saturated carbocycles. The van der Waals surface area contributed by atoms with Crippen molar-refractivity contribution >= 4 is 23.2 Å². The summed E-state index contributed by atoms with van der Waals surface area (Å²) in [6.07, 6.45) is 2.09. The highest BCUT2D eigenvalue weighted by Crippen LogP contribution is 2.41. The number of benzene rings is 2. The first-order valence-corrected chi connectivity index (χ1v) is 8.59. The summed E-state index contributed by atoms with van der Waals surface area (Å²) in [6, 6.07) is 11.7. The molecule has 2 amide bonds. The van der Waals surface area contributed by atoms with Crippen LogP contribution in [0.2, 0.25) is 0 Å². The van der Waals surface area contributed by atoms with Gasteiger partial charge in [-0.05, 0) is 60.7 Å². The number of hydrogen-bond acceptors (Lipinski definition) is 3. The Balaban J connectivity index is 1.52. The fourth-order valence-corrected chi connectivity index (χ4v) is 2.70. The van der Waals surface area contributed by atoms with E-state index >= 15 is 0 Å². The van der Waals surface area contributed by atoms with Crippen molar-refractivity contribution in [2.45, 2.75) is 18.8 Å². The number of anilines is 2. The molecule has 3 rings (SSSR count). The van der Waals surface area contributed by atoms with Gasteiger partial charge in [-0.25, -0.2) is 4.39 Å². The first-order valence-electron chi connectivity index (χ1n) is 8.59. The molecule has 5 nitrogen and oxygen atoms in total. The van der Waals surface area contributed by atoms with Gasteiger partial charge < -0.3 is 15.5 Å². The lowest BCUT2D eigenvalue weighted by Crippen LogP contribution is -2.23. The first-order chi connectivity index (χ1) is 12.4. The summed E-state index contributed by atoms with van der Waals surface area (Å²) < 4.78 is 14.0. The highest BCUT2D eigenvalue weighted by molar-refractivity contribution is 5.96. The highest BCUT2D eigenvalue weighted by atomic mass is 19.1. The molecule has 0 heterocycles. The van der Waals surface area contributed by atoms with Gasteiger partial charge in [0, 0.05) is 31.0 Å². The van der Waals surface area contributed by atoms with Crippen LogP contribution in [0.1, 0.15) is 34.7 Å². The summed E-state index contributed by atoms with van der Waals surface area (Å²) in [5.74, 6) is -0.210. The lowest BCUT2D eigenvalue weighted by molar-refractivity contribution is -0.114. The standard InChI is InChI=1S/C20H22FN3O2/c1-24(2)20(26)14-5-7-15(8-6-14)23-19(25)12-22-16-9-10-17(13-3-4-13)18(21)11-16/h5-11,13,22H,3-4,12H2,1-2H3,(H,23,25). The smallest absolute Gasteiger partial charge is 0.253 e. The predicted octanol–water partition coefficient (Wildman–Crippen LogP) is 3.46. The monoisotopic (exact) mass is 355 g/mol. The summed E-state index contributed by atoms with van der Waals surface area (Å²) in [7, 11) is 3.37. The van der Waals surface area contributed by atoms with Crippen LogP contribution in [-0.2, 0) is 4.79 Å². The summed E-state index contributed by atoms with van der Waals surface area (Å²) in [5.41, 5.74) is 2.49. The second-order valence-electron chi connectivity index (χ2n) is 6.69. The van der Waals surface area contributed by atoms with E-state index < -0.39 is 0 Å². The van der Waals surface area contributed by atoms with Crippen molar-refractivity contribution in [2.75, 3.05) is 31.3 Å². The molecule has 0 aromatic heterocycles. The second-order valence-corrected chi connectivity index (χ2v) is 6.69. The number of carbonyl (C=O) groups is 2. The average molecular weight is 355 g/mol. The van der Waals surface area contributed by atoms with Crippen LogP contribution in [0.5, 0.6) is 0 Å². The van der Waals surface area contributed by atoms with Crippen LogP contribution in [0.25, 0.3) is 0 Å². The number of rotatable bonds is 6. The molecule has 0 bridgehead atoms. The van der Waals surface area contributed by atoms with Crippen molar-refractivity contribution in [3.63, 3.8) is 0 Å². The lowest BCUT2D eigenvalue weighted by Gasteiger charge is -2.11. The lowest BCUT2D eigenvalue weighted by atomic mass is 10.1. The van der Waals surface area contributed by atoms with Crippen molar-refractivity contribution < 1.29 is 14.0 Å². The Kier molecular flexibility index (Phi) is 5.21. The maximum atomic E-state index is 14.0. The fourth-order valence-electron chi connectivity index (χ4n) is 2.70. The second kappa shape index (κ2) is 7.56. The summed E-state index contributed by atoms with van der Waals surface area (Å²) in [5, 5.41) is 5.67. The minimum Gasteiger partial charge on any atom is -0.376 e. The number of nitrogens with zero attached hydrogens (tertiary/aromatic N) is 1. The van der Waals surface area contributed by atoms with E-state index in [4.69, 9.17) is 0 Å². The molecule has 0 saturated heterocycles. The highest BCUT2D eigenvalue weighted by Gasteiger charge is 2.26. The van der Waals surface area contributed by atoms with Gasteiger partial charge in [-0.15, -0.1) is 0 Å². The molecule has 1 fully saturated rings. The van der Waals surface area contributed by atoms with E-state index in [2.05, 4.69) is 10.6 Å². The minimum absolute atomic E-state index is 0.0284.